The lowest BCUT2D eigenvalue weighted by atomic mass is 9.76. The second-order valence-electron chi connectivity index (χ2n) is 8.84. The Kier molecular flexibility index (Phi) is 5.84. The minimum absolute atomic E-state index is 0.0328. The van der Waals surface area contributed by atoms with Gasteiger partial charge in [-0.2, -0.15) is 0 Å². The van der Waals surface area contributed by atoms with Crippen LogP contribution in [0.25, 0.3) is 0 Å². The molecule has 3 aliphatic heterocycles. The molecule has 3 aliphatic rings. The van der Waals surface area contributed by atoms with Crippen molar-refractivity contribution < 1.29 is 14.2 Å². The highest BCUT2D eigenvalue weighted by molar-refractivity contribution is 9.10. The summed E-state index contributed by atoms with van der Waals surface area (Å²) in [7, 11) is 0. The van der Waals surface area contributed by atoms with E-state index in [9.17, 15) is 9.50 Å². The maximum Gasteiger partial charge on any atom is 0.147 e. The minimum atomic E-state index is -0.241. The molecular formula is C24H28BrFN2O2. The van der Waals surface area contributed by atoms with Crippen molar-refractivity contribution in [1.82, 2.24) is 4.90 Å². The number of ether oxygens (including phenoxy) is 1. The van der Waals surface area contributed by atoms with Crippen LogP contribution >= 0.6 is 15.9 Å². The maximum atomic E-state index is 14.9. The van der Waals surface area contributed by atoms with Gasteiger partial charge in [0.1, 0.15) is 5.82 Å². The van der Waals surface area contributed by atoms with Gasteiger partial charge in [0.15, 0.2) is 0 Å². The van der Waals surface area contributed by atoms with Crippen molar-refractivity contribution in [2.45, 2.75) is 50.0 Å². The summed E-state index contributed by atoms with van der Waals surface area (Å²) in [4.78, 5) is 2.40. The topological polar surface area (TPSA) is 44.7 Å². The molecule has 3 heterocycles. The molecule has 0 spiro atoms. The number of nitrogens with one attached hydrogen (secondary N) is 1. The second kappa shape index (κ2) is 8.58. The van der Waals surface area contributed by atoms with Crippen molar-refractivity contribution >= 4 is 21.6 Å². The number of likely N-dealkylation sites (tertiary alicyclic amines) is 1. The number of benzene rings is 2. The fraction of sp³-hybridized carbons (Fsp3) is 0.500. The van der Waals surface area contributed by atoms with Crippen molar-refractivity contribution in [3.8, 4) is 0 Å². The van der Waals surface area contributed by atoms with Crippen molar-refractivity contribution in [3.05, 3.63) is 63.9 Å². The molecule has 2 saturated heterocycles. The Bertz CT molecular complexity index is 888. The number of hydrogen-bond donors (Lipinski definition) is 2. The number of rotatable bonds is 3. The lowest BCUT2D eigenvalue weighted by Crippen LogP contribution is -2.45. The number of piperidine rings is 1. The Morgan fingerprint density at radius 1 is 1.10 bits per heavy atom. The molecule has 0 amide bonds. The first-order valence-electron chi connectivity index (χ1n) is 10.9. The van der Waals surface area contributed by atoms with E-state index < -0.39 is 0 Å². The molecule has 2 aromatic rings. The van der Waals surface area contributed by atoms with Gasteiger partial charge in [0.25, 0.3) is 0 Å². The van der Waals surface area contributed by atoms with Gasteiger partial charge < -0.3 is 20.1 Å². The summed E-state index contributed by atoms with van der Waals surface area (Å²) in [5, 5.41) is 13.3. The molecule has 4 atom stereocenters. The highest BCUT2D eigenvalue weighted by Gasteiger charge is 2.43. The van der Waals surface area contributed by atoms with Crippen molar-refractivity contribution in [1.29, 1.82) is 0 Å². The monoisotopic (exact) mass is 474 g/mol. The van der Waals surface area contributed by atoms with Crippen LogP contribution in [-0.2, 0) is 4.74 Å². The number of aliphatic hydroxyl groups excluding tert-OH is 1. The van der Waals surface area contributed by atoms with Crippen LogP contribution in [0.5, 0.6) is 0 Å². The van der Waals surface area contributed by atoms with Gasteiger partial charge in [0.05, 0.1) is 30.0 Å². The Morgan fingerprint density at radius 2 is 1.87 bits per heavy atom. The second-order valence-corrected chi connectivity index (χ2v) is 9.75. The van der Waals surface area contributed by atoms with E-state index in [4.69, 9.17) is 4.74 Å². The lowest BCUT2D eigenvalue weighted by Gasteiger charge is -2.46. The van der Waals surface area contributed by atoms with Crippen LogP contribution in [0.15, 0.2) is 46.9 Å². The fourth-order valence-corrected chi connectivity index (χ4v) is 5.75. The normalized spacial score (nSPS) is 29.7. The molecule has 30 heavy (non-hydrogen) atoms. The summed E-state index contributed by atoms with van der Waals surface area (Å²) < 4.78 is 22.3. The Balaban J connectivity index is 1.42. The van der Waals surface area contributed by atoms with Crippen LogP contribution in [-0.4, -0.2) is 41.8 Å². The average Bonchev–Trinajstić information content (AvgIpc) is 2.75. The zero-order valence-corrected chi connectivity index (χ0v) is 18.5. The summed E-state index contributed by atoms with van der Waals surface area (Å²) in [6, 6.07) is 13.9. The Morgan fingerprint density at radius 3 is 2.63 bits per heavy atom. The number of nitrogens with zero attached hydrogens (tertiary/aromatic N) is 1. The molecular weight excluding hydrogens is 447 g/mol. The largest absolute Gasteiger partial charge is 0.393 e. The van der Waals surface area contributed by atoms with Gasteiger partial charge in [0, 0.05) is 35.6 Å². The molecule has 2 aromatic carbocycles. The van der Waals surface area contributed by atoms with Gasteiger partial charge in [-0.15, -0.1) is 0 Å². The quantitative estimate of drug-likeness (QED) is 0.653. The SMILES string of the molecule is OC1CCN(CC2CCC3C(O2)c2cc(Br)cc(F)c2N[C@H]3c2ccccc2)CC1. The predicted octanol–water partition coefficient (Wildman–Crippen LogP) is 5.05. The molecule has 0 aromatic heterocycles. The summed E-state index contributed by atoms with van der Waals surface area (Å²) in [6.07, 6.45) is 3.53. The third kappa shape index (κ3) is 4.03. The molecule has 3 unspecified atom stereocenters. The number of anilines is 1. The number of hydrogen-bond acceptors (Lipinski definition) is 4. The standard InChI is InChI=1S/C24H28BrFN2O2/c25-16-12-20-23(21(26)13-16)27-22(15-4-2-1-3-5-15)19-7-6-18(30-24(19)20)14-28-10-8-17(29)9-11-28/h1-5,12-13,17-19,22,24,27,29H,6-11,14H2/t18?,19?,22-,24?/m0/s1. The molecule has 5 rings (SSSR count). The van der Waals surface area contributed by atoms with E-state index in [2.05, 4.69) is 38.3 Å². The fourth-order valence-electron chi connectivity index (χ4n) is 5.30. The minimum Gasteiger partial charge on any atom is -0.393 e. The van der Waals surface area contributed by atoms with Crippen LogP contribution in [0.1, 0.15) is 49.0 Å². The third-order valence-corrected chi connectivity index (χ3v) is 7.31. The zero-order valence-electron chi connectivity index (χ0n) is 16.9. The summed E-state index contributed by atoms with van der Waals surface area (Å²) >= 11 is 3.46. The number of aliphatic hydroxyl groups is 1. The van der Waals surface area contributed by atoms with Crippen molar-refractivity contribution in [3.63, 3.8) is 0 Å². The first kappa shape index (κ1) is 20.4. The molecule has 2 N–H and O–H groups in total. The van der Waals surface area contributed by atoms with Crippen molar-refractivity contribution in [2.24, 2.45) is 5.92 Å². The van der Waals surface area contributed by atoms with E-state index in [1.165, 1.54) is 11.6 Å². The van der Waals surface area contributed by atoms with Gasteiger partial charge in [-0.3, -0.25) is 0 Å². The summed E-state index contributed by atoms with van der Waals surface area (Å²) in [6.45, 7) is 2.71. The Labute approximate surface area is 185 Å². The van der Waals surface area contributed by atoms with Crippen LogP contribution < -0.4 is 5.32 Å². The lowest BCUT2D eigenvalue weighted by molar-refractivity contribution is -0.106. The highest BCUT2D eigenvalue weighted by atomic mass is 79.9. The molecule has 0 bridgehead atoms. The van der Waals surface area contributed by atoms with Crippen LogP contribution in [0.4, 0.5) is 10.1 Å². The average molecular weight is 475 g/mol. The molecule has 2 fully saturated rings. The van der Waals surface area contributed by atoms with Gasteiger partial charge in [0.2, 0.25) is 0 Å². The molecule has 160 valence electrons. The van der Waals surface area contributed by atoms with Gasteiger partial charge in [-0.25, -0.2) is 4.39 Å². The predicted molar refractivity (Wildman–Crippen MR) is 119 cm³/mol. The summed E-state index contributed by atoms with van der Waals surface area (Å²) in [5.41, 5.74) is 2.65. The van der Waals surface area contributed by atoms with E-state index >= 15 is 0 Å². The molecule has 4 nitrogen and oxygen atoms in total. The molecule has 0 aliphatic carbocycles. The Hall–Kier alpha value is -1.47. The molecule has 0 saturated carbocycles. The van der Waals surface area contributed by atoms with Crippen LogP contribution in [0.3, 0.4) is 0 Å². The molecule has 0 radical (unpaired) electrons. The smallest absolute Gasteiger partial charge is 0.147 e. The van der Waals surface area contributed by atoms with Crippen molar-refractivity contribution in [2.75, 3.05) is 25.0 Å². The van der Waals surface area contributed by atoms with Gasteiger partial charge in [-0.05, 0) is 43.4 Å². The third-order valence-electron chi connectivity index (χ3n) is 6.85. The van der Waals surface area contributed by atoms with Gasteiger partial charge >= 0.3 is 0 Å². The van der Waals surface area contributed by atoms with Gasteiger partial charge in [-0.1, -0.05) is 46.3 Å². The van der Waals surface area contributed by atoms with E-state index in [1.807, 2.05) is 24.3 Å². The van der Waals surface area contributed by atoms with Crippen LogP contribution in [0.2, 0.25) is 0 Å². The molecule has 6 heteroatoms. The first-order valence-corrected chi connectivity index (χ1v) is 11.7. The first-order chi connectivity index (χ1) is 14.6. The van der Waals surface area contributed by atoms with E-state index in [-0.39, 0.29) is 36.1 Å². The zero-order chi connectivity index (χ0) is 20.7. The highest BCUT2D eigenvalue weighted by Crippen LogP contribution is 2.51. The summed E-state index contributed by atoms with van der Waals surface area (Å²) in [5.74, 6) is 0.0162. The van der Waals surface area contributed by atoms with E-state index in [1.54, 1.807) is 0 Å². The number of fused-ring (bicyclic) bond motifs is 3. The van der Waals surface area contributed by atoms with E-state index in [0.29, 0.717) is 5.69 Å². The number of halogens is 2. The van der Waals surface area contributed by atoms with E-state index in [0.717, 1.165) is 55.4 Å². The maximum absolute atomic E-state index is 14.9. The van der Waals surface area contributed by atoms with Crippen LogP contribution in [0, 0.1) is 11.7 Å².